The summed E-state index contributed by atoms with van der Waals surface area (Å²) < 4.78 is 0. The van der Waals surface area contributed by atoms with Gasteiger partial charge in [-0.15, -0.1) is 24.2 Å². The maximum atomic E-state index is 12.5. The lowest BCUT2D eigenvalue weighted by Crippen LogP contribution is -2.37. The monoisotopic (exact) mass is 383 g/mol. The number of nitrogens with zero attached hydrogens (tertiary/aromatic N) is 1. The van der Waals surface area contributed by atoms with E-state index in [4.69, 9.17) is 0 Å². The van der Waals surface area contributed by atoms with Gasteiger partial charge in [0.15, 0.2) is 0 Å². The Bertz CT molecular complexity index is 599. The lowest BCUT2D eigenvalue weighted by atomic mass is 10.0. The number of hydrogen-bond acceptors (Lipinski definition) is 4. The summed E-state index contributed by atoms with van der Waals surface area (Å²) in [4.78, 5) is 26.6. The van der Waals surface area contributed by atoms with E-state index in [1.165, 1.54) is 11.8 Å². The Labute approximate surface area is 159 Å². The molecular formula is C18H26ClN3O2S. The summed E-state index contributed by atoms with van der Waals surface area (Å²) in [5, 5.41) is 6.08. The highest BCUT2D eigenvalue weighted by molar-refractivity contribution is 8.01. The Kier molecular flexibility index (Phi) is 7.16. The Hall–Kier alpha value is -1.24. The fourth-order valence-electron chi connectivity index (χ4n) is 3.40. The van der Waals surface area contributed by atoms with Crippen molar-refractivity contribution >= 4 is 41.7 Å². The molecule has 3 atom stereocenters. The van der Waals surface area contributed by atoms with Gasteiger partial charge >= 0.3 is 0 Å². The van der Waals surface area contributed by atoms with E-state index < -0.39 is 0 Å². The third-order valence-corrected chi connectivity index (χ3v) is 5.98. The van der Waals surface area contributed by atoms with Crippen LogP contribution < -0.4 is 10.6 Å². The zero-order chi connectivity index (χ0) is 17.1. The molecule has 7 heteroatoms. The van der Waals surface area contributed by atoms with Crippen LogP contribution in [-0.2, 0) is 9.59 Å². The first kappa shape index (κ1) is 20.1. The topological polar surface area (TPSA) is 61.4 Å². The minimum Gasteiger partial charge on any atom is -0.341 e. The predicted octanol–water partition coefficient (Wildman–Crippen LogP) is 2.15. The second-order valence-corrected chi connectivity index (χ2v) is 8.12. The molecule has 2 aliphatic heterocycles. The Balaban J connectivity index is 0.00000225. The van der Waals surface area contributed by atoms with Gasteiger partial charge in [-0.2, -0.15) is 0 Å². The molecule has 0 radical (unpaired) electrons. The quantitative estimate of drug-likeness (QED) is 0.817. The summed E-state index contributed by atoms with van der Waals surface area (Å²) in [5.74, 6) is 1.61. The number of carbonyl (C=O) groups excluding carboxylic acids is 2. The molecule has 0 bridgehead atoms. The zero-order valence-electron chi connectivity index (χ0n) is 14.7. The van der Waals surface area contributed by atoms with E-state index >= 15 is 0 Å². The molecule has 25 heavy (non-hydrogen) atoms. The van der Waals surface area contributed by atoms with Gasteiger partial charge in [-0.3, -0.25) is 9.59 Å². The fourth-order valence-corrected chi connectivity index (χ4v) is 4.16. The minimum atomic E-state index is -0.180. The van der Waals surface area contributed by atoms with Gasteiger partial charge in [-0.25, -0.2) is 0 Å². The lowest BCUT2D eigenvalue weighted by Gasteiger charge is -2.21. The molecule has 2 N–H and O–H groups in total. The standard InChI is InChI=1S/C18H25N3O2S.ClH/c1-12-3-5-16(6-4-12)20-17(22)11-24-13(2)18(23)21-9-14-7-19-8-15(14)10-21;/h3-6,13-15,19H,7-11H2,1-2H3,(H,20,22);1H/t13?,14-,15+;. The number of nitrogens with one attached hydrogen (secondary N) is 2. The van der Waals surface area contributed by atoms with Crippen molar-refractivity contribution in [3.8, 4) is 0 Å². The van der Waals surface area contributed by atoms with Crippen molar-refractivity contribution in [3.05, 3.63) is 29.8 Å². The first-order valence-corrected chi connectivity index (χ1v) is 9.55. The van der Waals surface area contributed by atoms with Crippen molar-refractivity contribution in [2.45, 2.75) is 19.1 Å². The van der Waals surface area contributed by atoms with Crippen LogP contribution in [0, 0.1) is 18.8 Å². The van der Waals surface area contributed by atoms with E-state index in [1.807, 2.05) is 43.0 Å². The van der Waals surface area contributed by atoms with Gasteiger partial charge < -0.3 is 15.5 Å². The highest BCUT2D eigenvalue weighted by atomic mass is 35.5. The molecule has 0 aromatic heterocycles. The second-order valence-electron chi connectivity index (χ2n) is 6.79. The van der Waals surface area contributed by atoms with Gasteiger partial charge in [0.2, 0.25) is 11.8 Å². The van der Waals surface area contributed by atoms with Crippen LogP contribution in [0.5, 0.6) is 0 Å². The van der Waals surface area contributed by atoms with Crippen LogP contribution >= 0.6 is 24.2 Å². The SMILES string of the molecule is Cc1ccc(NC(=O)CSC(C)C(=O)N2C[C@H]3CNC[C@H]3C2)cc1.Cl. The van der Waals surface area contributed by atoms with Crippen molar-refractivity contribution in [3.63, 3.8) is 0 Å². The van der Waals surface area contributed by atoms with Crippen LogP contribution in [0.15, 0.2) is 24.3 Å². The number of likely N-dealkylation sites (tertiary alicyclic amines) is 1. The zero-order valence-corrected chi connectivity index (χ0v) is 16.3. The molecule has 3 rings (SSSR count). The number of thioether (sulfide) groups is 1. The number of fused-ring (bicyclic) bond motifs is 1. The average Bonchev–Trinajstić information content (AvgIpc) is 3.15. The number of halogens is 1. The normalized spacial score (nSPS) is 22.9. The van der Waals surface area contributed by atoms with E-state index in [-0.39, 0.29) is 29.5 Å². The first-order valence-electron chi connectivity index (χ1n) is 8.50. The molecular weight excluding hydrogens is 358 g/mol. The van der Waals surface area contributed by atoms with Crippen molar-refractivity contribution in [1.82, 2.24) is 10.2 Å². The number of anilines is 1. The molecule has 2 heterocycles. The van der Waals surface area contributed by atoms with Crippen LogP contribution in [0.3, 0.4) is 0 Å². The molecule has 0 spiro atoms. The molecule has 5 nitrogen and oxygen atoms in total. The van der Waals surface area contributed by atoms with Gasteiger partial charge in [-0.1, -0.05) is 17.7 Å². The molecule has 2 aliphatic rings. The van der Waals surface area contributed by atoms with E-state index in [2.05, 4.69) is 10.6 Å². The summed E-state index contributed by atoms with van der Waals surface area (Å²) in [7, 11) is 0. The van der Waals surface area contributed by atoms with E-state index in [0.29, 0.717) is 17.6 Å². The molecule has 0 aliphatic carbocycles. The second kappa shape index (κ2) is 8.92. The molecule has 2 saturated heterocycles. The maximum absolute atomic E-state index is 12.5. The highest BCUT2D eigenvalue weighted by Crippen LogP contribution is 2.28. The van der Waals surface area contributed by atoms with Crippen LogP contribution in [0.2, 0.25) is 0 Å². The number of benzene rings is 1. The van der Waals surface area contributed by atoms with E-state index in [0.717, 1.165) is 37.4 Å². The fraction of sp³-hybridized carbons (Fsp3) is 0.556. The van der Waals surface area contributed by atoms with Gasteiger partial charge in [0.05, 0.1) is 11.0 Å². The minimum absolute atomic E-state index is 0. The molecule has 2 amide bonds. The first-order chi connectivity index (χ1) is 11.5. The van der Waals surface area contributed by atoms with Crippen LogP contribution in [0.25, 0.3) is 0 Å². The van der Waals surface area contributed by atoms with E-state index in [1.54, 1.807) is 0 Å². The Morgan fingerprint density at radius 2 is 1.84 bits per heavy atom. The average molecular weight is 384 g/mol. The lowest BCUT2D eigenvalue weighted by molar-refractivity contribution is -0.129. The third-order valence-electron chi connectivity index (χ3n) is 4.85. The largest absolute Gasteiger partial charge is 0.341 e. The number of carbonyl (C=O) groups is 2. The summed E-state index contributed by atoms with van der Waals surface area (Å²) >= 11 is 1.41. The summed E-state index contributed by atoms with van der Waals surface area (Å²) in [6.07, 6.45) is 0. The van der Waals surface area contributed by atoms with Crippen molar-refractivity contribution in [2.24, 2.45) is 11.8 Å². The summed E-state index contributed by atoms with van der Waals surface area (Å²) in [5.41, 5.74) is 1.96. The Morgan fingerprint density at radius 1 is 1.24 bits per heavy atom. The predicted molar refractivity (Wildman–Crippen MR) is 105 cm³/mol. The molecule has 1 aromatic rings. The number of amides is 2. The van der Waals surface area contributed by atoms with Gasteiger partial charge in [0.1, 0.15) is 0 Å². The molecule has 0 saturated carbocycles. The maximum Gasteiger partial charge on any atom is 0.235 e. The van der Waals surface area contributed by atoms with Crippen LogP contribution in [0.1, 0.15) is 12.5 Å². The molecule has 1 unspecified atom stereocenters. The van der Waals surface area contributed by atoms with Crippen LogP contribution in [0.4, 0.5) is 5.69 Å². The van der Waals surface area contributed by atoms with Crippen molar-refractivity contribution in [1.29, 1.82) is 0 Å². The van der Waals surface area contributed by atoms with Gasteiger partial charge in [-0.05, 0) is 37.8 Å². The summed E-state index contributed by atoms with van der Waals surface area (Å²) in [6, 6.07) is 7.72. The molecule has 138 valence electrons. The summed E-state index contributed by atoms with van der Waals surface area (Å²) in [6.45, 7) is 7.67. The van der Waals surface area contributed by atoms with Crippen molar-refractivity contribution in [2.75, 3.05) is 37.2 Å². The third kappa shape index (κ3) is 5.12. The van der Waals surface area contributed by atoms with E-state index in [9.17, 15) is 9.59 Å². The smallest absolute Gasteiger partial charge is 0.235 e. The van der Waals surface area contributed by atoms with Crippen molar-refractivity contribution < 1.29 is 9.59 Å². The van der Waals surface area contributed by atoms with Crippen LogP contribution in [-0.4, -0.2) is 53.9 Å². The number of aryl methyl sites for hydroxylation is 1. The van der Waals surface area contributed by atoms with Gasteiger partial charge in [0.25, 0.3) is 0 Å². The number of rotatable bonds is 5. The number of hydrogen-bond donors (Lipinski definition) is 2. The molecule has 1 aromatic carbocycles. The Morgan fingerprint density at radius 3 is 2.44 bits per heavy atom. The van der Waals surface area contributed by atoms with Gasteiger partial charge in [0, 0.05) is 31.9 Å². The highest BCUT2D eigenvalue weighted by Gasteiger charge is 2.39. The molecule has 2 fully saturated rings.